The van der Waals surface area contributed by atoms with Crippen LogP contribution in [0.15, 0.2) is 76.1 Å². The lowest BCUT2D eigenvalue weighted by molar-refractivity contribution is 0.103. The number of benzene rings is 3. The maximum absolute atomic E-state index is 12.9. The minimum Gasteiger partial charge on any atom is -0.289 e. The molecule has 0 fully saturated rings. The van der Waals surface area contributed by atoms with Gasteiger partial charge < -0.3 is 0 Å². The van der Waals surface area contributed by atoms with Gasteiger partial charge in [-0.25, -0.2) is 8.42 Å². The molecule has 4 nitrogen and oxygen atoms in total. The molecule has 0 spiro atoms. The van der Waals surface area contributed by atoms with E-state index >= 15 is 0 Å². The highest BCUT2D eigenvalue weighted by Crippen LogP contribution is 2.27. The summed E-state index contributed by atoms with van der Waals surface area (Å²) in [6.45, 7) is 1.88. The van der Waals surface area contributed by atoms with Gasteiger partial charge in [-0.3, -0.25) is 9.52 Å². The van der Waals surface area contributed by atoms with Crippen molar-refractivity contribution in [1.82, 2.24) is 0 Å². The lowest BCUT2D eigenvalue weighted by Gasteiger charge is -2.13. The van der Waals surface area contributed by atoms with E-state index in [-0.39, 0.29) is 21.9 Å². The smallest absolute Gasteiger partial charge is 0.261 e. The highest BCUT2D eigenvalue weighted by Gasteiger charge is 2.20. The van der Waals surface area contributed by atoms with Crippen LogP contribution in [0.1, 0.15) is 21.5 Å². The molecule has 138 valence electrons. The van der Waals surface area contributed by atoms with Crippen LogP contribution in [0.4, 0.5) is 5.69 Å². The zero-order valence-electron chi connectivity index (χ0n) is 14.2. The van der Waals surface area contributed by atoms with Gasteiger partial charge in [-0.05, 0) is 49.4 Å². The number of rotatable bonds is 5. The summed E-state index contributed by atoms with van der Waals surface area (Å²) in [6, 6.07) is 17.8. The molecular formula is C20H15BrClNO3S. The van der Waals surface area contributed by atoms with E-state index in [0.717, 1.165) is 5.56 Å². The number of carbonyl (C=O) groups excluding carboxylic acids is 1. The summed E-state index contributed by atoms with van der Waals surface area (Å²) in [4.78, 5) is 13.0. The lowest BCUT2D eigenvalue weighted by atomic mass is 10.0. The van der Waals surface area contributed by atoms with Crippen LogP contribution < -0.4 is 4.72 Å². The Morgan fingerprint density at radius 1 is 1.00 bits per heavy atom. The number of sulfonamides is 1. The largest absolute Gasteiger partial charge is 0.289 e. The third-order valence-electron chi connectivity index (χ3n) is 3.89. The maximum atomic E-state index is 12.9. The average molecular weight is 465 g/mol. The molecule has 1 N–H and O–H groups in total. The highest BCUT2D eigenvalue weighted by atomic mass is 79.9. The first-order valence-corrected chi connectivity index (χ1v) is 10.6. The molecule has 0 aliphatic carbocycles. The summed E-state index contributed by atoms with van der Waals surface area (Å²) < 4.78 is 28.6. The van der Waals surface area contributed by atoms with Gasteiger partial charge in [-0.2, -0.15) is 0 Å². The van der Waals surface area contributed by atoms with Crippen LogP contribution in [0.5, 0.6) is 0 Å². The molecule has 0 radical (unpaired) electrons. The Labute approximate surface area is 171 Å². The van der Waals surface area contributed by atoms with Gasteiger partial charge in [0.1, 0.15) is 0 Å². The lowest BCUT2D eigenvalue weighted by Crippen LogP contribution is -2.16. The fraction of sp³-hybridized carbons (Fsp3) is 0.0500. The van der Waals surface area contributed by atoms with Gasteiger partial charge in [0.15, 0.2) is 5.78 Å². The Bertz CT molecular complexity index is 1110. The van der Waals surface area contributed by atoms with Crippen LogP contribution in [-0.4, -0.2) is 14.2 Å². The van der Waals surface area contributed by atoms with Crippen LogP contribution in [0, 0.1) is 6.92 Å². The molecule has 0 heterocycles. The van der Waals surface area contributed by atoms with Gasteiger partial charge in [0.05, 0.1) is 10.6 Å². The quantitative estimate of drug-likeness (QED) is 0.511. The predicted molar refractivity (Wildman–Crippen MR) is 111 cm³/mol. The fourth-order valence-electron chi connectivity index (χ4n) is 2.50. The first kappa shape index (κ1) is 19.6. The van der Waals surface area contributed by atoms with Gasteiger partial charge in [0.2, 0.25) is 0 Å². The summed E-state index contributed by atoms with van der Waals surface area (Å²) in [5.41, 5.74) is 1.75. The Hall–Kier alpha value is -2.15. The molecule has 0 aromatic heterocycles. The molecule has 0 aliphatic rings. The number of hydrogen-bond acceptors (Lipinski definition) is 3. The van der Waals surface area contributed by atoms with E-state index in [1.165, 1.54) is 12.1 Å². The molecule has 0 atom stereocenters. The Kier molecular flexibility index (Phi) is 5.69. The van der Waals surface area contributed by atoms with Crippen LogP contribution in [0.2, 0.25) is 5.02 Å². The number of nitrogens with one attached hydrogen (secondary N) is 1. The zero-order valence-corrected chi connectivity index (χ0v) is 17.4. The normalized spacial score (nSPS) is 11.2. The topological polar surface area (TPSA) is 63.2 Å². The van der Waals surface area contributed by atoms with E-state index in [1.54, 1.807) is 54.6 Å². The van der Waals surface area contributed by atoms with Crippen molar-refractivity contribution in [3.05, 3.63) is 92.9 Å². The van der Waals surface area contributed by atoms with E-state index in [1.807, 2.05) is 6.92 Å². The van der Waals surface area contributed by atoms with E-state index in [0.29, 0.717) is 15.1 Å². The Morgan fingerprint density at radius 2 is 1.70 bits per heavy atom. The monoisotopic (exact) mass is 463 g/mol. The van der Waals surface area contributed by atoms with Crippen LogP contribution in [0.3, 0.4) is 0 Å². The maximum Gasteiger partial charge on any atom is 0.261 e. The summed E-state index contributed by atoms with van der Waals surface area (Å²) >= 11 is 9.30. The summed E-state index contributed by atoms with van der Waals surface area (Å²) in [5.74, 6) is -0.333. The summed E-state index contributed by atoms with van der Waals surface area (Å²) in [6.07, 6.45) is 0. The van der Waals surface area contributed by atoms with Crippen molar-refractivity contribution in [2.24, 2.45) is 0 Å². The fourth-order valence-corrected chi connectivity index (χ4v) is 4.13. The average Bonchev–Trinajstić information content (AvgIpc) is 2.63. The Morgan fingerprint density at radius 3 is 2.37 bits per heavy atom. The molecule has 3 rings (SSSR count). The van der Waals surface area contributed by atoms with Crippen molar-refractivity contribution in [2.45, 2.75) is 11.8 Å². The van der Waals surface area contributed by atoms with Gasteiger partial charge in [-0.15, -0.1) is 0 Å². The molecule has 3 aromatic rings. The third-order valence-corrected chi connectivity index (χ3v) is 6.00. The molecule has 27 heavy (non-hydrogen) atoms. The minimum absolute atomic E-state index is 0.122. The number of hydrogen-bond donors (Lipinski definition) is 1. The van der Waals surface area contributed by atoms with Gasteiger partial charge in [-0.1, -0.05) is 57.4 Å². The van der Waals surface area contributed by atoms with Gasteiger partial charge in [0.25, 0.3) is 10.0 Å². The summed E-state index contributed by atoms with van der Waals surface area (Å²) in [5, 5.41) is 0.428. The highest BCUT2D eigenvalue weighted by molar-refractivity contribution is 9.10. The van der Waals surface area contributed by atoms with Crippen LogP contribution >= 0.6 is 27.5 Å². The second-order valence-corrected chi connectivity index (χ2v) is 8.98. The number of carbonyl (C=O) groups is 1. The second-order valence-electron chi connectivity index (χ2n) is 5.95. The number of ketones is 1. The molecule has 0 unspecified atom stereocenters. The number of halogens is 2. The molecule has 7 heteroatoms. The molecular weight excluding hydrogens is 450 g/mol. The van der Waals surface area contributed by atoms with Crippen molar-refractivity contribution in [3.63, 3.8) is 0 Å². The minimum atomic E-state index is -3.83. The molecule has 0 aliphatic heterocycles. The van der Waals surface area contributed by atoms with Crippen molar-refractivity contribution in [2.75, 3.05) is 4.72 Å². The van der Waals surface area contributed by atoms with Crippen molar-refractivity contribution in [1.29, 1.82) is 0 Å². The molecule has 0 saturated carbocycles. The van der Waals surface area contributed by atoms with Crippen molar-refractivity contribution >= 4 is 49.0 Å². The van der Waals surface area contributed by atoms with E-state index in [4.69, 9.17) is 11.6 Å². The third kappa shape index (κ3) is 4.58. The molecule has 0 amide bonds. The molecule has 0 bridgehead atoms. The number of anilines is 1. The van der Waals surface area contributed by atoms with E-state index in [2.05, 4.69) is 20.7 Å². The van der Waals surface area contributed by atoms with Crippen molar-refractivity contribution in [3.8, 4) is 0 Å². The SMILES string of the molecule is Cc1ccc(S(=O)(=O)Nc2ccc(Br)cc2C(=O)c2cccc(Cl)c2)cc1. The van der Waals surface area contributed by atoms with E-state index < -0.39 is 10.0 Å². The molecule has 0 saturated heterocycles. The molecule has 3 aromatic carbocycles. The first-order chi connectivity index (χ1) is 12.8. The second kappa shape index (κ2) is 7.84. The zero-order chi connectivity index (χ0) is 19.6. The van der Waals surface area contributed by atoms with Crippen molar-refractivity contribution < 1.29 is 13.2 Å². The summed E-state index contributed by atoms with van der Waals surface area (Å²) in [7, 11) is -3.83. The Balaban J connectivity index is 2.02. The standard InChI is InChI=1S/C20H15BrClNO3S/c1-13-5-8-17(9-6-13)27(25,26)23-19-10-7-15(21)12-18(19)20(24)14-3-2-4-16(22)11-14/h2-12,23H,1H3. The first-order valence-electron chi connectivity index (χ1n) is 7.95. The predicted octanol–water partition coefficient (Wildman–Crippen LogP) is 5.44. The number of aryl methyl sites for hydroxylation is 1. The van der Waals surface area contributed by atoms with Crippen LogP contribution in [0.25, 0.3) is 0 Å². The van der Waals surface area contributed by atoms with E-state index in [9.17, 15) is 13.2 Å². The van der Waals surface area contributed by atoms with Gasteiger partial charge >= 0.3 is 0 Å². The van der Waals surface area contributed by atoms with Crippen LogP contribution in [-0.2, 0) is 10.0 Å². The van der Waals surface area contributed by atoms with Gasteiger partial charge in [0, 0.05) is 20.6 Å².